The number of ether oxygens (including phenoxy) is 1. The second-order valence-corrected chi connectivity index (χ2v) is 9.81. The number of nitrogens with one attached hydrogen (secondary N) is 1. The summed E-state index contributed by atoms with van der Waals surface area (Å²) >= 11 is 1.77. The maximum atomic E-state index is 12.7. The highest BCUT2D eigenvalue weighted by Crippen LogP contribution is 2.46. The fourth-order valence-electron chi connectivity index (χ4n) is 5.06. The molecule has 1 spiro atoms. The number of rotatable bonds is 5. The van der Waals surface area contributed by atoms with Gasteiger partial charge in [0.1, 0.15) is 11.4 Å². The first-order valence-electron chi connectivity index (χ1n) is 11.0. The van der Waals surface area contributed by atoms with Gasteiger partial charge >= 0.3 is 0 Å². The molecule has 1 atom stereocenters. The Bertz CT molecular complexity index is 838. The number of para-hydroxylation sites is 1. The van der Waals surface area contributed by atoms with Crippen molar-refractivity contribution >= 4 is 17.2 Å². The summed E-state index contributed by atoms with van der Waals surface area (Å²) in [5, 5.41) is 7.63. The third kappa shape index (κ3) is 4.22. The fourth-order valence-corrected chi connectivity index (χ4v) is 5.72. The molecule has 5 heteroatoms. The molecule has 1 saturated carbocycles. The van der Waals surface area contributed by atoms with Crippen LogP contribution in [0.4, 0.5) is 0 Å². The minimum absolute atomic E-state index is 0.124. The molecule has 3 heterocycles. The molecule has 1 aromatic heterocycles. The van der Waals surface area contributed by atoms with E-state index in [1.807, 2.05) is 0 Å². The van der Waals surface area contributed by atoms with Gasteiger partial charge in [-0.3, -0.25) is 9.69 Å². The Balaban J connectivity index is 1.27. The van der Waals surface area contributed by atoms with Crippen LogP contribution in [0, 0.1) is 0 Å². The molecular weight excluding hydrogens is 380 g/mol. The van der Waals surface area contributed by atoms with E-state index in [9.17, 15) is 4.79 Å². The van der Waals surface area contributed by atoms with Crippen LogP contribution in [0.2, 0.25) is 0 Å². The number of benzene rings is 1. The van der Waals surface area contributed by atoms with E-state index in [1.54, 1.807) is 11.3 Å². The zero-order valence-electron chi connectivity index (χ0n) is 16.9. The number of fused-ring (bicyclic) bond motifs is 1. The van der Waals surface area contributed by atoms with Crippen molar-refractivity contribution in [1.29, 1.82) is 0 Å². The molecule has 1 N–H and O–H groups in total. The number of likely N-dealkylation sites (tertiary alicyclic amines) is 1. The van der Waals surface area contributed by atoms with Gasteiger partial charge in [-0.1, -0.05) is 18.2 Å². The summed E-state index contributed by atoms with van der Waals surface area (Å²) in [6, 6.07) is 11.0. The van der Waals surface area contributed by atoms with Crippen molar-refractivity contribution in [2.75, 3.05) is 13.1 Å². The second kappa shape index (κ2) is 8.11. The van der Waals surface area contributed by atoms with E-state index >= 15 is 0 Å². The molecule has 1 aliphatic carbocycles. The maximum Gasteiger partial charge on any atom is 0.220 e. The Kier molecular flexibility index (Phi) is 5.35. The summed E-state index contributed by atoms with van der Waals surface area (Å²) in [6.45, 7) is 3.14. The lowest BCUT2D eigenvalue weighted by atomic mass is 9.76. The second-order valence-electron chi connectivity index (χ2n) is 9.03. The Labute approximate surface area is 177 Å². The normalized spacial score (nSPS) is 23.8. The summed E-state index contributed by atoms with van der Waals surface area (Å²) < 4.78 is 6.61. The van der Waals surface area contributed by atoms with E-state index in [2.05, 4.69) is 51.3 Å². The fraction of sp³-hybridized carbons (Fsp3) is 0.542. The van der Waals surface area contributed by atoms with E-state index in [4.69, 9.17) is 4.74 Å². The number of piperidine rings is 1. The van der Waals surface area contributed by atoms with Crippen LogP contribution < -0.4 is 10.1 Å². The van der Waals surface area contributed by atoms with Crippen LogP contribution >= 0.6 is 11.3 Å². The van der Waals surface area contributed by atoms with Gasteiger partial charge in [0.05, 0.1) is 0 Å². The average molecular weight is 411 g/mol. The molecule has 0 radical (unpaired) electrons. The molecule has 1 amide bonds. The zero-order valence-corrected chi connectivity index (χ0v) is 17.8. The molecule has 154 valence electrons. The van der Waals surface area contributed by atoms with Gasteiger partial charge < -0.3 is 10.1 Å². The lowest BCUT2D eigenvalue weighted by molar-refractivity contribution is -0.123. The van der Waals surface area contributed by atoms with Gasteiger partial charge in [0.25, 0.3) is 0 Å². The monoisotopic (exact) mass is 410 g/mol. The van der Waals surface area contributed by atoms with Gasteiger partial charge in [0, 0.05) is 38.0 Å². The maximum absolute atomic E-state index is 12.7. The minimum atomic E-state index is -0.124. The number of nitrogens with zero attached hydrogens (tertiary/aromatic N) is 1. The third-order valence-electron chi connectivity index (χ3n) is 6.96. The Hall–Kier alpha value is -1.85. The number of hydrogen-bond acceptors (Lipinski definition) is 4. The summed E-state index contributed by atoms with van der Waals surface area (Å²) in [7, 11) is 0. The first kappa shape index (κ1) is 19.1. The standard InChI is InChI=1S/C24H30N2O2S/c27-23(25-20-4-3-5-20)14-19-15-24(28-22-7-2-1-6-21(19)22)9-11-26(12-10-24)16-18-8-13-29-17-18/h1-2,6-8,13,17,19-20H,3-5,9-12,14-16H2,(H,25,27)/t19-/m1/s1. The van der Waals surface area contributed by atoms with Gasteiger partial charge in [-0.05, 0) is 72.5 Å². The SMILES string of the molecule is O=C(C[C@@H]1CC2(CCN(Cc3ccsc3)CC2)Oc2ccccc21)NC1CCC1. The average Bonchev–Trinajstić information content (AvgIpc) is 3.20. The highest BCUT2D eigenvalue weighted by molar-refractivity contribution is 7.07. The summed E-state index contributed by atoms with van der Waals surface area (Å²) in [6.07, 6.45) is 7.13. The lowest BCUT2D eigenvalue weighted by Crippen LogP contribution is -2.50. The van der Waals surface area contributed by atoms with Crippen LogP contribution in [0.3, 0.4) is 0 Å². The number of carbonyl (C=O) groups is 1. The number of hydrogen-bond donors (Lipinski definition) is 1. The van der Waals surface area contributed by atoms with Crippen LogP contribution in [-0.4, -0.2) is 35.5 Å². The van der Waals surface area contributed by atoms with Crippen LogP contribution in [0.25, 0.3) is 0 Å². The Morgan fingerprint density at radius 3 is 2.76 bits per heavy atom. The first-order chi connectivity index (χ1) is 14.2. The van der Waals surface area contributed by atoms with E-state index in [1.165, 1.54) is 17.5 Å². The molecule has 0 unspecified atom stereocenters. The molecule has 2 aliphatic heterocycles. The number of thiophene rings is 1. The number of amides is 1. The van der Waals surface area contributed by atoms with Crippen LogP contribution in [0.1, 0.15) is 62.0 Å². The van der Waals surface area contributed by atoms with Crippen molar-refractivity contribution in [3.05, 3.63) is 52.2 Å². The number of carbonyl (C=O) groups excluding carboxylic acids is 1. The quantitative estimate of drug-likeness (QED) is 0.776. The van der Waals surface area contributed by atoms with Crippen molar-refractivity contribution < 1.29 is 9.53 Å². The van der Waals surface area contributed by atoms with Gasteiger partial charge in [0.2, 0.25) is 5.91 Å². The Morgan fingerprint density at radius 2 is 2.03 bits per heavy atom. The third-order valence-corrected chi connectivity index (χ3v) is 7.69. The molecular formula is C24H30N2O2S. The van der Waals surface area contributed by atoms with Crippen molar-refractivity contribution in [2.45, 2.75) is 69.1 Å². The summed E-state index contributed by atoms with van der Waals surface area (Å²) in [4.78, 5) is 15.2. The van der Waals surface area contributed by atoms with Crippen molar-refractivity contribution in [2.24, 2.45) is 0 Å². The summed E-state index contributed by atoms with van der Waals surface area (Å²) in [5.74, 6) is 1.45. The molecule has 4 nitrogen and oxygen atoms in total. The van der Waals surface area contributed by atoms with Crippen molar-refractivity contribution in [3.63, 3.8) is 0 Å². The summed E-state index contributed by atoms with van der Waals surface area (Å²) in [5.41, 5.74) is 2.50. The van der Waals surface area contributed by atoms with E-state index in [0.29, 0.717) is 12.5 Å². The molecule has 2 fully saturated rings. The van der Waals surface area contributed by atoms with Gasteiger partial charge in [-0.2, -0.15) is 11.3 Å². The topological polar surface area (TPSA) is 41.6 Å². The highest BCUT2D eigenvalue weighted by Gasteiger charge is 2.43. The first-order valence-corrected chi connectivity index (χ1v) is 11.9. The van der Waals surface area contributed by atoms with Crippen LogP contribution in [0.5, 0.6) is 5.75 Å². The van der Waals surface area contributed by atoms with E-state index in [-0.39, 0.29) is 17.4 Å². The van der Waals surface area contributed by atoms with Crippen molar-refractivity contribution in [1.82, 2.24) is 10.2 Å². The van der Waals surface area contributed by atoms with Crippen LogP contribution in [0.15, 0.2) is 41.1 Å². The van der Waals surface area contributed by atoms with E-state index in [0.717, 1.165) is 57.5 Å². The molecule has 2 aromatic rings. The molecule has 29 heavy (non-hydrogen) atoms. The van der Waals surface area contributed by atoms with Crippen molar-refractivity contribution in [3.8, 4) is 5.75 Å². The van der Waals surface area contributed by atoms with Gasteiger partial charge in [-0.25, -0.2) is 0 Å². The molecule has 0 bridgehead atoms. The largest absolute Gasteiger partial charge is 0.487 e. The minimum Gasteiger partial charge on any atom is -0.487 e. The van der Waals surface area contributed by atoms with Gasteiger partial charge in [-0.15, -0.1) is 0 Å². The van der Waals surface area contributed by atoms with Gasteiger partial charge in [0.15, 0.2) is 0 Å². The smallest absolute Gasteiger partial charge is 0.220 e. The Morgan fingerprint density at radius 1 is 1.21 bits per heavy atom. The predicted octanol–water partition coefficient (Wildman–Crippen LogP) is 4.71. The highest BCUT2D eigenvalue weighted by atomic mass is 32.1. The molecule has 1 saturated heterocycles. The molecule has 1 aromatic carbocycles. The molecule has 3 aliphatic rings. The van der Waals surface area contributed by atoms with E-state index < -0.39 is 0 Å². The molecule has 5 rings (SSSR count). The predicted molar refractivity (Wildman–Crippen MR) is 116 cm³/mol. The zero-order chi connectivity index (χ0) is 19.7. The lowest BCUT2D eigenvalue weighted by Gasteiger charge is -2.47. The van der Waals surface area contributed by atoms with Crippen LogP contribution in [-0.2, 0) is 11.3 Å².